The number of urea groups is 1. The van der Waals surface area contributed by atoms with Gasteiger partial charge < -0.3 is 10.6 Å². The molecule has 3 nitrogen and oxygen atoms in total. The van der Waals surface area contributed by atoms with Gasteiger partial charge in [0.1, 0.15) is 0 Å². The van der Waals surface area contributed by atoms with E-state index in [0.29, 0.717) is 12.1 Å². The average molecular weight is 200 g/mol. The minimum absolute atomic E-state index is 0.0147. The molecule has 0 aromatic heterocycles. The summed E-state index contributed by atoms with van der Waals surface area (Å²) in [6.07, 6.45) is 2.30. The van der Waals surface area contributed by atoms with E-state index in [0.717, 1.165) is 18.6 Å². The second-order valence-corrected chi connectivity index (χ2v) is 6.03. The number of carbonyl (C=O) groups excluding carboxylic acids is 1. The minimum Gasteiger partial charge on any atom is -0.335 e. The third kappa shape index (κ3) is 2.10. The maximum absolute atomic E-state index is 11.4. The van der Waals surface area contributed by atoms with Crippen LogP contribution in [0.15, 0.2) is 0 Å². The molecule has 2 rings (SSSR count). The van der Waals surface area contributed by atoms with Crippen molar-refractivity contribution >= 4 is 17.8 Å². The van der Waals surface area contributed by atoms with Gasteiger partial charge in [0, 0.05) is 16.5 Å². The van der Waals surface area contributed by atoms with Gasteiger partial charge in [0.2, 0.25) is 0 Å². The molecule has 2 N–H and O–H groups in total. The Bertz CT molecular complexity index is 226. The topological polar surface area (TPSA) is 41.1 Å². The monoisotopic (exact) mass is 200 g/mol. The zero-order valence-corrected chi connectivity index (χ0v) is 8.91. The molecule has 1 saturated heterocycles. The molecule has 4 heteroatoms. The van der Waals surface area contributed by atoms with Crippen LogP contribution in [0.1, 0.15) is 26.7 Å². The standard InChI is InChI=1S/C9H16N2OS/c1-9(2)7(5-13-9)11-8(12)10-6-3-4-6/h6-7H,3-5H2,1-2H3,(H2,10,11,12). The van der Waals surface area contributed by atoms with Crippen LogP contribution in [0.25, 0.3) is 0 Å². The minimum atomic E-state index is 0.0147. The van der Waals surface area contributed by atoms with Crippen molar-refractivity contribution in [1.82, 2.24) is 10.6 Å². The number of rotatable bonds is 2. The molecule has 0 aromatic rings. The van der Waals surface area contributed by atoms with Crippen LogP contribution in [0.2, 0.25) is 0 Å². The first-order chi connectivity index (χ1) is 6.08. The molecule has 1 unspecified atom stereocenters. The van der Waals surface area contributed by atoms with Gasteiger partial charge in [-0.1, -0.05) is 0 Å². The summed E-state index contributed by atoms with van der Waals surface area (Å²) in [4.78, 5) is 11.4. The van der Waals surface area contributed by atoms with Crippen molar-refractivity contribution in [2.75, 3.05) is 5.75 Å². The predicted molar refractivity (Wildman–Crippen MR) is 55.0 cm³/mol. The lowest BCUT2D eigenvalue weighted by Crippen LogP contribution is -2.58. The zero-order valence-electron chi connectivity index (χ0n) is 8.09. The second-order valence-electron chi connectivity index (χ2n) is 4.36. The predicted octanol–water partition coefficient (Wildman–Crippen LogP) is 1.34. The van der Waals surface area contributed by atoms with Gasteiger partial charge in [0.15, 0.2) is 0 Å². The lowest BCUT2D eigenvalue weighted by molar-refractivity contribution is 0.234. The van der Waals surface area contributed by atoms with Crippen LogP contribution in [0, 0.1) is 0 Å². The average Bonchev–Trinajstić information content (AvgIpc) is 2.82. The molecule has 1 aliphatic heterocycles. The highest BCUT2D eigenvalue weighted by Gasteiger charge is 2.40. The number of thioether (sulfide) groups is 1. The smallest absolute Gasteiger partial charge is 0.315 e. The Kier molecular flexibility index (Phi) is 2.18. The second kappa shape index (κ2) is 3.08. The van der Waals surface area contributed by atoms with Gasteiger partial charge in [-0.15, -0.1) is 0 Å². The van der Waals surface area contributed by atoms with E-state index in [4.69, 9.17) is 0 Å². The largest absolute Gasteiger partial charge is 0.335 e. The highest BCUT2D eigenvalue weighted by Crippen LogP contribution is 2.39. The highest BCUT2D eigenvalue weighted by atomic mass is 32.2. The molecule has 1 aliphatic carbocycles. The summed E-state index contributed by atoms with van der Waals surface area (Å²) in [6, 6.07) is 0.813. The number of amides is 2. The summed E-state index contributed by atoms with van der Waals surface area (Å²) in [5.41, 5.74) is 0. The summed E-state index contributed by atoms with van der Waals surface area (Å²) >= 11 is 1.90. The summed E-state index contributed by atoms with van der Waals surface area (Å²) < 4.78 is 0.223. The fourth-order valence-electron chi connectivity index (χ4n) is 1.33. The lowest BCUT2D eigenvalue weighted by atomic mass is 10.0. The Morgan fingerprint density at radius 2 is 2.08 bits per heavy atom. The molecule has 74 valence electrons. The van der Waals surface area contributed by atoms with Gasteiger partial charge in [-0.25, -0.2) is 4.79 Å². The van der Waals surface area contributed by atoms with Gasteiger partial charge in [-0.05, 0) is 26.7 Å². The molecule has 0 aromatic carbocycles. The third-order valence-corrected chi connectivity index (χ3v) is 4.21. The first-order valence-electron chi connectivity index (χ1n) is 4.79. The van der Waals surface area contributed by atoms with Gasteiger partial charge in [0.05, 0.1) is 6.04 Å². The van der Waals surface area contributed by atoms with Crippen LogP contribution < -0.4 is 10.6 Å². The number of carbonyl (C=O) groups is 1. The Morgan fingerprint density at radius 1 is 1.38 bits per heavy atom. The van der Waals surface area contributed by atoms with E-state index < -0.39 is 0 Å². The molecular formula is C9H16N2OS. The van der Waals surface area contributed by atoms with E-state index in [2.05, 4.69) is 24.5 Å². The van der Waals surface area contributed by atoms with E-state index in [1.54, 1.807) is 0 Å². The molecule has 0 bridgehead atoms. The van der Waals surface area contributed by atoms with Crippen LogP contribution in [0.3, 0.4) is 0 Å². The molecule has 2 amide bonds. The van der Waals surface area contributed by atoms with Crippen LogP contribution >= 0.6 is 11.8 Å². The van der Waals surface area contributed by atoms with Crippen LogP contribution in [0.5, 0.6) is 0 Å². The summed E-state index contributed by atoms with van der Waals surface area (Å²) in [7, 11) is 0. The molecule has 2 aliphatic rings. The van der Waals surface area contributed by atoms with Crippen LogP contribution in [-0.2, 0) is 0 Å². The molecule has 0 spiro atoms. The zero-order chi connectivity index (χ0) is 9.47. The van der Waals surface area contributed by atoms with Gasteiger partial charge in [0.25, 0.3) is 0 Å². The maximum Gasteiger partial charge on any atom is 0.315 e. The summed E-state index contributed by atoms with van der Waals surface area (Å²) in [5, 5.41) is 5.94. The molecule has 0 radical (unpaired) electrons. The SMILES string of the molecule is CC1(C)SCC1NC(=O)NC1CC1. The number of hydrogen-bond acceptors (Lipinski definition) is 2. The van der Waals surface area contributed by atoms with Crippen molar-refractivity contribution in [1.29, 1.82) is 0 Å². The van der Waals surface area contributed by atoms with Crippen molar-refractivity contribution in [2.45, 2.75) is 43.5 Å². The van der Waals surface area contributed by atoms with Gasteiger partial charge in [-0.3, -0.25) is 0 Å². The Balaban J connectivity index is 1.74. The molecule has 1 heterocycles. The maximum atomic E-state index is 11.4. The molecule has 1 atom stereocenters. The normalized spacial score (nSPS) is 30.5. The van der Waals surface area contributed by atoms with Crippen molar-refractivity contribution in [3.05, 3.63) is 0 Å². The van der Waals surface area contributed by atoms with Gasteiger partial charge >= 0.3 is 6.03 Å². The quantitative estimate of drug-likeness (QED) is 0.706. The molecular weight excluding hydrogens is 184 g/mol. The third-order valence-electron chi connectivity index (χ3n) is 2.68. The Labute approximate surface area is 83.0 Å². The van der Waals surface area contributed by atoms with Crippen LogP contribution in [0.4, 0.5) is 4.79 Å². The Morgan fingerprint density at radius 3 is 2.46 bits per heavy atom. The molecule has 2 fully saturated rings. The van der Waals surface area contributed by atoms with Crippen molar-refractivity contribution in [2.24, 2.45) is 0 Å². The van der Waals surface area contributed by atoms with E-state index in [1.807, 2.05) is 11.8 Å². The number of hydrogen-bond donors (Lipinski definition) is 2. The van der Waals surface area contributed by atoms with Crippen molar-refractivity contribution in [3.63, 3.8) is 0 Å². The van der Waals surface area contributed by atoms with E-state index in [9.17, 15) is 4.79 Å². The number of nitrogens with one attached hydrogen (secondary N) is 2. The van der Waals surface area contributed by atoms with Crippen molar-refractivity contribution < 1.29 is 4.79 Å². The fourth-order valence-corrected chi connectivity index (χ4v) is 2.47. The summed E-state index contributed by atoms with van der Waals surface area (Å²) in [6.45, 7) is 4.34. The van der Waals surface area contributed by atoms with Gasteiger partial charge in [-0.2, -0.15) is 11.8 Å². The van der Waals surface area contributed by atoms with Crippen molar-refractivity contribution in [3.8, 4) is 0 Å². The molecule has 13 heavy (non-hydrogen) atoms. The lowest BCUT2D eigenvalue weighted by Gasteiger charge is -2.43. The highest BCUT2D eigenvalue weighted by molar-refractivity contribution is 8.02. The van der Waals surface area contributed by atoms with E-state index >= 15 is 0 Å². The van der Waals surface area contributed by atoms with Crippen LogP contribution in [-0.4, -0.2) is 28.6 Å². The first kappa shape index (κ1) is 9.19. The van der Waals surface area contributed by atoms with E-state index in [-0.39, 0.29) is 10.8 Å². The molecule has 1 saturated carbocycles. The Hall–Kier alpha value is -0.380. The fraction of sp³-hybridized carbons (Fsp3) is 0.889. The first-order valence-corrected chi connectivity index (χ1v) is 5.77. The van der Waals surface area contributed by atoms with E-state index in [1.165, 1.54) is 0 Å². The summed E-state index contributed by atoms with van der Waals surface area (Å²) in [5.74, 6) is 1.05.